The number of piperidine rings is 1. The van der Waals surface area contributed by atoms with Crippen LogP contribution in [0.5, 0.6) is 0 Å². The minimum absolute atomic E-state index is 0.597. The summed E-state index contributed by atoms with van der Waals surface area (Å²) in [5, 5.41) is 0. The highest BCUT2D eigenvalue weighted by Crippen LogP contribution is 2.25. The lowest BCUT2D eigenvalue weighted by Gasteiger charge is -2.42. The summed E-state index contributed by atoms with van der Waals surface area (Å²) in [5.41, 5.74) is 5.93. The SMILES string of the molecule is CCC(C)C(CN)N1CC(C)CC(C)C1. The molecule has 2 heteroatoms. The van der Waals surface area contributed by atoms with Crippen LogP contribution in [-0.2, 0) is 0 Å². The zero-order valence-corrected chi connectivity index (χ0v) is 10.9. The average molecular weight is 212 g/mol. The molecule has 2 nitrogen and oxygen atoms in total. The second kappa shape index (κ2) is 5.86. The van der Waals surface area contributed by atoms with Gasteiger partial charge in [0.1, 0.15) is 0 Å². The molecule has 0 spiro atoms. The lowest BCUT2D eigenvalue weighted by Crippen LogP contribution is -2.50. The summed E-state index contributed by atoms with van der Waals surface area (Å²) in [6, 6.07) is 0.597. The standard InChI is InChI=1S/C13H28N2/c1-5-12(4)13(7-14)15-8-10(2)6-11(3)9-15/h10-13H,5-9,14H2,1-4H3. The minimum atomic E-state index is 0.597. The maximum Gasteiger partial charge on any atom is 0.0244 e. The van der Waals surface area contributed by atoms with Crippen molar-refractivity contribution in [2.45, 2.75) is 46.6 Å². The van der Waals surface area contributed by atoms with Gasteiger partial charge in [0.05, 0.1) is 0 Å². The topological polar surface area (TPSA) is 29.3 Å². The van der Waals surface area contributed by atoms with E-state index in [1.54, 1.807) is 0 Å². The van der Waals surface area contributed by atoms with E-state index in [0.29, 0.717) is 6.04 Å². The highest BCUT2D eigenvalue weighted by Gasteiger charge is 2.28. The van der Waals surface area contributed by atoms with Crippen molar-refractivity contribution in [2.75, 3.05) is 19.6 Å². The third-order valence-electron chi connectivity index (χ3n) is 3.91. The second-order valence-corrected chi connectivity index (χ2v) is 5.59. The molecule has 1 heterocycles. The van der Waals surface area contributed by atoms with Crippen molar-refractivity contribution in [3.05, 3.63) is 0 Å². The van der Waals surface area contributed by atoms with E-state index in [1.807, 2.05) is 0 Å². The van der Waals surface area contributed by atoms with E-state index < -0.39 is 0 Å². The molecule has 1 aliphatic rings. The Morgan fingerprint density at radius 2 is 1.80 bits per heavy atom. The Labute approximate surface area is 95.2 Å². The average Bonchev–Trinajstić information content (AvgIpc) is 2.17. The number of likely N-dealkylation sites (tertiary alicyclic amines) is 1. The van der Waals surface area contributed by atoms with Crippen LogP contribution in [0.15, 0.2) is 0 Å². The van der Waals surface area contributed by atoms with E-state index in [4.69, 9.17) is 5.73 Å². The van der Waals surface area contributed by atoms with Gasteiger partial charge in [-0.15, -0.1) is 0 Å². The van der Waals surface area contributed by atoms with E-state index in [0.717, 1.165) is 24.3 Å². The van der Waals surface area contributed by atoms with Crippen LogP contribution < -0.4 is 5.73 Å². The Hall–Kier alpha value is -0.0800. The highest BCUT2D eigenvalue weighted by atomic mass is 15.2. The zero-order valence-electron chi connectivity index (χ0n) is 10.9. The van der Waals surface area contributed by atoms with E-state index in [1.165, 1.54) is 25.9 Å². The maximum atomic E-state index is 5.93. The molecule has 4 atom stereocenters. The Kier molecular flexibility index (Phi) is 5.07. The minimum Gasteiger partial charge on any atom is -0.329 e. The van der Waals surface area contributed by atoms with Crippen molar-refractivity contribution in [3.63, 3.8) is 0 Å². The van der Waals surface area contributed by atoms with Gasteiger partial charge in [-0.3, -0.25) is 4.90 Å². The van der Waals surface area contributed by atoms with Crippen LogP contribution in [0, 0.1) is 17.8 Å². The first-order valence-corrected chi connectivity index (χ1v) is 6.52. The van der Waals surface area contributed by atoms with E-state index in [9.17, 15) is 0 Å². The van der Waals surface area contributed by atoms with E-state index in [-0.39, 0.29) is 0 Å². The zero-order chi connectivity index (χ0) is 11.4. The summed E-state index contributed by atoms with van der Waals surface area (Å²) in [7, 11) is 0. The molecule has 90 valence electrons. The monoisotopic (exact) mass is 212 g/mol. The molecule has 4 unspecified atom stereocenters. The molecule has 0 aromatic carbocycles. The van der Waals surface area contributed by atoms with Crippen LogP contribution in [-0.4, -0.2) is 30.6 Å². The Morgan fingerprint density at radius 1 is 1.27 bits per heavy atom. The molecule has 0 radical (unpaired) electrons. The third-order valence-corrected chi connectivity index (χ3v) is 3.91. The van der Waals surface area contributed by atoms with Crippen LogP contribution >= 0.6 is 0 Å². The van der Waals surface area contributed by atoms with Crippen LogP contribution in [0.3, 0.4) is 0 Å². The largest absolute Gasteiger partial charge is 0.329 e. The van der Waals surface area contributed by atoms with Gasteiger partial charge in [-0.25, -0.2) is 0 Å². The van der Waals surface area contributed by atoms with Crippen LogP contribution in [0.4, 0.5) is 0 Å². The predicted molar refractivity (Wildman–Crippen MR) is 66.8 cm³/mol. The molecular weight excluding hydrogens is 184 g/mol. The van der Waals surface area contributed by atoms with Crippen LogP contribution in [0.2, 0.25) is 0 Å². The number of nitrogens with zero attached hydrogens (tertiary/aromatic N) is 1. The van der Waals surface area contributed by atoms with Crippen molar-refractivity contribution in [1.29, 1.82) is 0 Å². The molecule has 0 bridgehead atoms. The molecule has 1 fully saturated rings. The molecule has 1 aliphatic heterocycles. The van der Waals surface area contributed by atoms with Gasteiger partial charge in [0.2, 0.25) is 0 Å². The molecule has 1 saturated heterocycles. The first kappa shape index (κ1) is 13.0. The first-order chi connectivity index (χ1) is 7.08. The summed E-state index contributed by atoms with van der Waals surface area (Å²) in [4.78, 5) is 2.63. The summed E-state index contributed by atoms with van der Waals surface area (Å²) >= 11 is 0. The summed E-state index contributed by atoms with van der Waals surface area (Å²) in [6.45, 7) is 12.6. The Morgan fingerprint density at radius 3 is 2.20 bits per heavy atom. The van der Waals surface area contributed by atoms with Crippen molar-refractivity contribution in [1.82, 2.24) is 4.90 Å². The number of rotatable bonds is 4. The summed E-state index contributed by atoms with van der Waals surface area (Å²) in [6.07, 6.45) is 2.62. The molecule has 0 aromatic rings. The highest BCUT2D eigenvalue weighted by molar-refractivity contribution is 4.83. The van der Waals surface area contributed by atoms with E-state index in [2.05, 4.69) is 32.6 Å². The predicted octanol–water partition coefficient (Wildman–Crippen LogP) is 2.34. The molecule has 0 saturated carbocycles. The molecule has 0 amide bonds. The van der Waals surface area contributed by atoms with Crippen molar-refractivity contribution in [3.8, 4) is 0 Å². The lowest BCUT2D eigenvalue weighted by molar-refractivity contribution is 0.0717. The summed E-state index contributed by atoms with van der Waals surface area (Å²) in [5.74, 6) is 2.41. The molecular formula is C13H28N2. The van der Waals surface area contributed by atoms with Gasteiger partial charge in [-0.1, -0.05) is 34.1 Å². The van der Waals surface area contributed by atoms with Gasteiger partial charge in [-0.05, 0) is 24.2 Å². The number of hydrogen-bond donors (Lipinski definition) is 1. The number of nitrogens with two attached hydrogens (primary N) is 1. The van der Waals surface area contributed by atoms with Gasteiger partial charge in [0, 0.05) is 25.7 Å². The number of hydrogen-bond acceptors (Lipinski definition) is 2. The van der Waals surface area contributed by atoms with Crippen molar-refractivity contribution < 1.29 is 0 Å². The van der Waals surface area contributed by atoms with Gasteiger partial charge >= 0.3 is 0 Å². The lowest BCUT2D eigenvalue weighted by atomic mass is 9.88. The smallest absolute Gasteiger partial charge is 0.0244 e. The molecule has 0 aliphatic carbocycles. The molecule has 2 N–H and O–H groups in total. The fraction of sp³-hybridized carbons (Fsp3) is 1.00. The van der Waals surface area contributed by atoms with E-state index >= 15 is 0 Å². The normalized spacial score (nSPS) is 32.6. The summed E-state index contributed by atoms with van der Waals surface area (Å²) < 4.78 is 0. The second-order valence-electron chi connectivity index (χ2n) is 5.59. The van der Waals surface area contributed by atoms with Crippen molar-refractivity contribution >= 4 is 0 Å². The molecule has 15 heavy (non-hydrogen) atoms. The fourth-order valence-corrected chi connectivity index (χ4v) is 3.00. The third kappa shape index (κ3) is 3.46. The first-order valence-electron chi connectivity index (χ1n) is 6.52. The van der Waals surface area contributed by atoms with Gasteiger partial charge in [0.25, 0.3) is 0 Å². The Bertz CT molecular complexity index is 171. The van der Waals surface area contributed by atoms with Crippen LogP contribution in [0.25, 0.3) is 0 Å². The fourth-order valence-electron chi connectivity index (χ4n) is 3.00. The van der Waals surface area contributed by atoms with Gasteiger partial charge in [0.15, 0.2) is 0 Å². The molecule has 0 aromatic heterocycles. The van der Waals surface area contributed by atoms with Gasteiger partial charge < -0.3 is 5.73 Å². The molecule has 1 rings (SSSR count). The quantitative estimate of drug-likeness (QED) is 0.775. The van der Waals surface area contributed by atoms with Crippen molar-refractivity contribution in [2.24, 2.45) is 23.5 Å². The Balaban J connectivity index is 2.58. The maximum absolute atomic E-state index is 5.93. The van der Waals surface area contributed by atoms with Gasteiger partial charge in [-0.2, -0.15) is 0 Å². The van der Waals surface area contributed by atoms with Crippen LogP contribution in [0.1, 0.15) is 40.5 Å².